The van der Waals surface area contributed by atoms with Crippen LogP contribution in [0.15, 0.2) is 24.3 Å². The minimum atomic E-state index is 0.186. The van der Waals surface area contributed by atoms with Crippen molar-refractivity contribution in [2.75, 3.05) is 30.4 Å². The van der Waals surface area contributed by atoms with E-state index in [1.54, 1.807) is 0 Å². The Morgan fingerprint density at radius 1 is 1.25 bits per heavy atom. The molecule has 0 radical (unpaired) electrons. The molecule has 0 saturated heterocycles. The molecule has 1 aromatic heterocycles. The van der Waals surface area contributed by atoms with E-state index >= 15 is 0 Å². The smallest absolute Gasteiger partial charge is 0.224 e. The molecule has 108 valence electrons. The summed E-state index contributed by atoms with van der Waals surface area (Å²) in [5, 5.41) is 13.1. The van der Waals surface area contributed by atoms with Crippen LogP contribution in [0.1, 0.15) is 20.3 Å². The lowest BCUT2D eigenvalue weighted by Crippen LogP contribution is -2.33. The standard InChI is InChI=1S/C15H22N4O/c1-11(2)19(9-6-10-20)14-12-7-4-5-8-13(12)17-15(16-3)18-14/h4-5,7-8,11,20H,6,9-10H2,1-3H3,(H,16,17,18). The fraction of sp³-hybridized carbons (Fsp3) is 0.467. The molecule has 0 bridgehead atoms. The largest absolute Gasteiger partial charge is 0.396 e. The van der Waals surface area contributed by atoms with Gasteiger partial charge in [-0.1, -0.05) is 12.1 Å². The highest BCUT2D eigenvalue weighted by Crippen LogP contribution is 2.26. The maximum Gasteiger partial charge on any atom is 0.224 e. The minimum absolute atomic E-state index is 0.186. The van der Waals surface area contributed by atoms with Crippen LogP contribution in [-0.4, -0.2) is 41.3 Å². The van der Waals surface area contributed by atoms with Gasteiger partial charge in [-0.05, 0) is 32.4 Å². The molecule has 0 aliphatic heterocycles. The zero-order valence-corrected chi connectivity index (χ0v) is 12.3. The summed E-state index contributed by atoms with van der Waals surface area (Å²) in [6.07, 6.45) is 0.728. The number of aliphatic hydroxyl groups is 1. The lowest BCUT2D eigenvalue weighted by atomic mass is 10.2. The first-order valence-corrected chi connectivity index (χ1v) is 6.99. The summed E-state index contributed by atoms with van der Waals surface area (Å²) < 4.78 is 0. The van der Waals surface area contributed by atoms with E-state index in [-0.39, 0.29) is 6.61 Å². The van der Waals surface area contributed by atoms with Crippen molar-refractivity contribution in [3.05, 3.63) is 24.3 Å². The molecule has 2 rings (SSSR count). The van der Waals surface area contributed by atoms with Crippen LogP contribution < -0.4 is 10.2 Å². The molecule has 2 N–H and O–H groups in total. The number of anilines is 2. The molecule has 2 aromatic rings. The van der Waals surface area contributed by atoms with Crippen LogP contribution in [0.3, 0.4) is 0 Å². The maximum absolute atomic E-state index is 9.09. The Kier molecular flexibility index (Phi) is 4.74. The third kappa shape index (κ3) is 2.99. The first kappa shape index (κ1) is 14.5. The predicted octanol–water partition coefficient (Wildman–Crippen LogP) is 2.27. The molecular weight excluding hydrogens is 252 g/mol. The maximum atomic E-state index is 9.09. The molecule has 20 heavy (non-hydrogen) atoms. The van der Waals surface area contributed by atoms with Gasteiger partial charge in [-0.2, -0.15) is 4.98 Å². The van der Waals surface area contributed by atoms with Gasteiger partial charge >= 0.3 is 0 Å². The summed E-state index contributed by atoms with van der Waals surface area (Å²) in [5.41, 5.74) is 0.927. The van der Waals surface area contributed by atoms with E-state index in [9.17, 15) is 0 Å². The number of aromatic nitrogens is 2. The van der Waals surface area contributed by atoms with Crippen LogP contribution in [0.5, 0.6) is 0 Å². The average molecular weight is 274 g/mol. The summed E-state index contributed by atoms with van der Waals surface area (Å²) in [7, 11) is 1.82. The molecule has 0 spiro atoms. The van der Waals surface area contributed by atoms with Gasteiger partial charge in [-0.3, -0.25) is 0 Å². The normalized spacial score (nSPS) is 11.1. The second-order valence-corrected chi connectivity index (χ2v) is 5.00. The number of benzene rings is 1. The van der Waals surface area contributed by atoms with Crippen molar-refractivity contribution in [2.45, 2.75) is 26.3 Å². The Hall–Kier alpha value is -1.88. The van der Waals surface area contributed by atoms with Gasteiger partial charge in [0.25, 0.3) is 0 Å². The highest BCUT2D eigenvalue weighted by molar-refractivity contribution is 5.90. The topological polar surface area (TPSA) is 61.3 Å². The Morgan fingerprint density at radius 3 is 2.65 bits per heavy atom. The lowest BCUT2D eigenvalue weighted by molar-refractivity contribution is 0.288. The molecule has 0 atom stereocenters. The van der Waals surface area contributed by atoms with Gasteiger partial charge in [-0.25, -0.2) is 4.98 Å². The number of rotatable bonds is 6. The van der Waals surface area contributed by atoms with Crippen molar-refractivity contribution in [3.63, 3.8) is 0 Å². The van der Waals surface area contributed by atoms with Gasteiger partial charge in [0.1, 0.15) is 5.82 Å². The van der Waals surface area contributed by atoms with Crippen molar-refractivity contribution in [3.8, 4) is 0 Å². The summed E-state index contributed by atoms with van der Waals surface area (Å²) >= 11 is 0. The van der Waals surface area contributed by atoms with E-state index in [2.05, 4.69) is 34.0 Å². The Labute approximate surface area is 119 Å². The number of hydrogen-bond acceptors (Lipinski definition) is 5. The molecule has 1 heterocycles. The second kappa shape index (κ2) is 6.52. The van der Waals surface area contributed by atoms with Crippen LogP contribution in [0.4, 0.5) is 11.8 Å². The zero-order valence-electron chi connectivity index (χ0n) is 12.3. The molecule has 0 unspecified atom stereocenters. The van der Waals surface area contributed by atoms with Crippen LogP contribution in [0.2, 0.25) is 0 Å². The SMILES string of the molecule is CNc1nc(N(CCCO)C(C)C)c2ccccc2n1. The molecule has 5 nitrogen and oxygen atoms in total. The number of nitrogens with one attached hydrogen (secondary N) is 1. The quantitative estimate of drug-likeness (QED) is 0.846. The van der Waals surface area contributed by atoms with E-state index in [0.717, 1.165) is 29.7 Å². The van der Waals surface area contributed by atoms with Crippen LogP contribution >= 0.6 is 0 Å². The molecule has 0 amide bonds. The zero-order chi connectivity index (χ0) is 14.5. The first-order valence-electron chi connectivity index (χ1n) is 6.99. The molecule has 0 aliphatic rings. The van der Waals surface area contributed by atoms with Gasteiger partial charge in [0.2, 0.25) is 5.95 Å². The van der Waals surface area contributed by atoms with Gasteiger partial charge in [0.05, 0.1) is 5.52 Å². The van der Waals surface area contributed by atoms with E-state index in [0.29, 0.717) is 12.0 Å². The number of hydrogen-bond donors (Lipinski definition) is 2. The van der Waals surface area contributed by atoms with E-state index < -0.39 is 0 Å². The predicted molar refractivity (Wildman–Crippen MR) is 83.3 cm³/mol. The summed E-state index contributed by atoms with van der Waals surface area (Å²) in [4.78, 5) is 11.3. The summed E-state index contributed by atoms with van der Waals surface area (Å²) in [6.45, 7) is 5.23. The Bertz CT molecular complexity index is 571. The minimum Gasteiger partial charge on any atom is -0.396 e. The highest BCUT2D eigenvalue weighted by atomic mass is 16.3. The van der Waals surface area contributed by atoms with Crippen molar-refractivity contribution >= 4 is 22.7 Å². The van der Waals surface area contributed by atoms with E-state index in [1.165, 1.54) is 0 Å². The molecule has 0 saturated carbocycles. The second-order valence-electron chi connectivity index (χ2n) is 5.00. The van der Waals surface area contributed by atoms with Crippen molar-refractivity contribution in [1.29, 1.82) is 0 Å². The fourth-order valence-corrected chi connectivity index (χ4v) is 2.24. The monoisotopic (exact) mass is 274 g/mol. The molecule has 0 aliphatic carbocycles. The van der Waals surface area contributed by atoms with Gasteiger partial charge in [-0.15, -0.1) is 0 Å². The van der Waals surface area contributed by atoms with Gasteiger partial charge in [0.15, 0.2) is 0 Å². The third-order valence-corrected chi connectivity index (χ3v) is 3.26. The highest BCUT2D eigenvalue weighted by Gasteiger charge is 2.16. The summed E-state index contributed by atoms with van der Waals surface area (Å²) in [6, 6.07) is 8.32. The molecular formula is C15H22N4O. The van der Waals surface area contributed by atoms with Crippen LogP contribution in [0, 0.1) is 0 Å². The number of para-hydroxylation sites is 1. The molecule has 0 fully saturated rings. The molecule has 1 aromatic carbocycles. The first-order chi connectivity index (χ1) is 9.67. The van der Waals surface area contributed by atoms with Crippen molar-refractivity contribution < 1.29 is 5.11 Å². The van der Waals surface area contributed by atoms with E-state index in [1.807, 2.05) is 31.3 Å². The molecule has 5 heteroatoms. The van der Waals surface area contributed by atoms with Crippen LogP contribution in [0.25, 0.3) is 10.9 Å². The fourth-order valence-electron chi connectivity index (χ4n) is 2.24. The van der Waals surface area contributed by atoms with Gasteiger partial charge < -0.3 is 15.3 Å². The number of nitrogens with zero attached hydrogens (tertiary/aromatic N) is 3. The van der Waals surface area contributed by atoms with Gasteiger partial charge in [0, 0.05) is 31.6 Å². The van der Waals surface area contributed by atoms with E-state index in [4.69, 9.17) is 5.11 Å². The van der Waals surface area contributed by atoms with Crippen LogP contribution in [-0.2, 0) is 0 Å². The number of fused-ring (bicyclic) bond motifs is 1. The average Bonchev–Trinajstić information content (AvgIpc) is 2.46. The Morgan fingerprint density at radius 2 is 2.00 bits per heavy atom. The third-order valence-electron chi connectivity index (χ3n) is 3.26. The summed E-state index contributed by atoms with van der Waals surface area (Å²) in [5.74, 6) is 1.54. The van der Waals surface area contributed by atoms with Crippen molar-refractivity contribution in [1.82, 2.24) is 9.97 Å². The van der Waals surface area contributed by atoms with Crippen molar-refractivity contribution in [2.24, 2.45) is 0 Å². The Balaban J connectivity index is 2.53. The lowest BCUT2D eigenvalue weighted by Gasteiger charge is -2.29. The number of aliphatic hydroxyl groups excluding tert-OH is 1.